The second-order valence-corrected chi connectivity index (χ2v) is 12.3. The number of methoxy groups -OCH3 is 1. The molecule has 8 nitrogen and oxygen atoms in total. The summed E-state index contributed by atoms with van der Waals surface area (Å²) in [7, 11) is 1.62. The predicted molar refractivity (Wildman–Crippen MR) is 163 cm³/mol. The quantitative estimate of drug-likeness (QED) is 0.297. The van der Waals surface area contributed by atoms with Gasteiger partial charge in [0.15, 0.2) is 0 Å². The van der Waals surface area contributed by atoms with Crippen molar-refractivity contribution >= 4 is 41.0 Å². The first kappa shape index (κ1) is 28.7. The monoisotopic (exact) mass is 589 g/mol. The summed E-state index contributed by atoms with van der Waals surface area (Å²) in [6.07, 6.45) is 3.39. The van der Waals surface area contributed by atoms with Gasteiger partial charge in [0.05, 0.1) is 29.5 Å². The highest BCUT2D eigenvalue weighted by Gasteiger charge is 2.40. The van der Waals surface area contributed by atoms with Gasteiger partial charge in [0.25, 0.3) is 0 Å². The van der Waals surface area contributed by atoms with E-state index in [9.17, 15) is 9.59 Å². The smallest absolute Gasteiger partial charge is 0.240 e. The van der Waals surface area contributed by atoms with Gasteiger partial charge < -0.3 is 10.1 Å². The van der Waals surface area contributed by atoms with Gasteiger partial charge >= 0.3 is 0 Å². The number of thioether (sulfide) groups is 1. The lowest BCUT2D eigenvalue weighted by atomic mass is 9.87. The van der Waals surface area contributed by atoms with Gasteiger partial charge in [0.1, 0.15) is 18.1 Å². The van der Waals surface area contributed by atoms with Crippen molar-refractivity contribution in [2.45, 2.75) is 38.0 Å². The van der Waals surface area contributed by atoms with Gasteiger partial charge in [0.2, 0.25) is 11.8 Å². The van der Waals surface area contributed by atoms with Crippen LogP contribution < -0.4 is 15.0 Å². The fraction of sp³-hybridized carbons (Fsp3) is 0.290. The molecule has 2 aromatic heterocycles. The predicted octanol–water partition coefficient (Wildman–Crippen LogP) is 5.71. The summed E-state index contributed by atoms with van der Waals surface area (Å²) in [5.41, 5.74) is 3.98. The number of hydrogen-bond donors (Lipinski definition) is 1. The van der Waals surface area contributed by atoms with Crippen LogP contribution in [0.4, 0.5) is 5.82 Å². The Morgan fingerprint density at radius 1 is 1.15 bits per heavy atom. The Kier molecular flexibility index (Phi) is 8.37. The van der Waals surface area contributed by atoms with E-state index < -0.39 is 0 Å². The minimum absolute atomic E-state index is 0.152. The SMILES string of the molecule is COc1ccc(-n2nc(C(C)(C)C)c3c2N(CC(=O)NCc2cccnc2)C(=O)CSC3c2cccc(Cl)c2)cc1. The molecule has 0 saturated carbocycles. The minimum atomic E-state index is -0.360. The number of benzene rings is 2. The lowest BCUT2D eigenvalue weighted by Crippen LogP contribution is -2.42. The van der Waals surface area contributed by atoms with Crippen LogP contribution in [-0.2, 0) is 21.5 Å². The summed E-state index contributed by atoms with van der Waals surface area (Å²) >= 11 is 7.95. The maximum Gasteiger partial charge on any atom is 0.240 e. The third-order valence-electron chi connectivity index (χ3n) is 6.78. The zero-order valence-electron chi connectivity index (χ0n) is 23.4. The molecule has 212 valence electrons. The molecule has 0 saturated heterocycles. The van der Waals surface area contributed by atoms with Crippen LogP contribution in [-0.4, -0.2) is 46.0 Å². The number of hydrogen-bond acceptors (Lipinski definition) is 6. The Morgan fingerprint density at radius 3 is 2.59 bits per heavy atom. The number of rotatable bonds is 7. The van der Waals surface area contributed by atoms with Crippen LogP contribution in [0.1, 0.15) is 48.4 Å². The van der Waals surface area contributed by atoms with Gasteiger partial charge in [-0.3, -0.25) is 19.5 Å². The van der Waals surface area contributed by atoms with Crippen LogP contribution in [0, 0.1) is 0 Å². The Bertz CT molecular complexity index is 1550. The highest BCUT2D eigenvalue weighted by Crippen LogP contribution is 2.48. The van der Waals surface area contributed by atoms with Crippen LogP contribution in [0.3, 0.4) is 0 Å². The average molecular weight is 590 g/mol. The van der Waals surface area contributed by atoms with Crippen LogP contribution in [0.25, 0.3) is 5.69 Å². The summed E-state index contributed by atoms with van der Waals surface area (Å²) in [5.74, 6) is 1.02. The van der Waals surface area contributed by atoms with Crippen LogP contribution >= 0.6 is 23.4 Å². The largest absolute Gasteiger partial charge is 0.497 e. The molecular weight excluding hydrogens is 558 g/mol. The van der Waals surface area contributed by atoms with E-state index in [1.54, 1.807) is 29.1 Å². The first-order valence-electron chi connectivity index (χ1n) is 13.3. The molecule has 10 heteroatoms. The topological polar surface area (TPSA) is 89.3 Å². The molecule has 1 aliphatic rings. The number of amides is 2. The fourth-order valence-corrected chi connectivity index (χ4v) is 6.20. The first-order valence-corrected chi connectivity index (χ1v) is 14.7. The van der Waals surface area contributed by atoms with E-state index in [1.165, 1.54) is 11.8 Å². The van der Waals surface area contributed by atoms with Gasteiger partial charge in [-0.25, -0.2) is 4.68 Å². The molecule has 1 unspecified atom stereocenters. The van der Waals surface area contributed by atoms with E-state index >= 15 is 0 Å². The number of carbonyl (C=O) groups excluding carboxylic acids is 2. The number of halogens is 1. The first-order chi connectivity index (χ1) is 19.7. The van der Waals surface area contributed by atoms with Crippen molar-refractivity contribution in [3.63, 3.8) is 0 Å². The Labute approximate surface area is 249 Å². The molecule has 1 aliphatic heterocycles. The van der Waals surface area contributed by atoms with Gasteiger partial charge in [-0.15, -0.1) is 11.8 Å². The van der Waals surface area contributed by atoms with Crippen molar-refractivity contribution in [1.82, 2.24) is 20.1 Å². The van der Waals surface area contributed by atoms with E-state index in [0.29, 0.717) is 23.1 Å². The molecule has 5 rings (SSSR count). The van der Waals surface area contributed by atoms with Crippen molar-refractivity contribution in [2.24, 2.45) is 0 Å². The fourth-order valence-electron chi connectivity index (χ4n) is 4.81. The van der Waals surface area contributed by atoms with E-state index in [2.05, 4.69) is 31.1 Å². The number of fused-ring (bicyclic) bond motifs is 1. The Hall–Kier alpha value is -3.82. The molecule has 2 aromatic carbocycles. The van der Waals surface area contributed by atoms with Crippen molar-refractivity contribution in [3.8, 4) is 11.4 Å². The molecule has 0 spiro atoms. The molecule has 2 amide bonds. The number of nitrogens with zero attached hydrogens (tertiary/aromatic N) is 4. The molecule has 0 fully saturated rings. The summed E-state index contributed by atoms with van der Waals surface area (Å²) in [4.78, 5) is 32.8. The summed E-state index contributed by atoms with van der Waals surface area (Å²) in [6, 6.07) is 18.9. The molecule has 0 bridgehead atoms. The van der Waals surface area contributed by atoms with Crippen molar-refractivity contribution in [3.05, 3.63) is 100 Å². The number of ether oxygens (including phenoxy) is 1. The molecule has 3 heterocycles. The average Bonchev–Trinajstić information content (AvgIpc) is 3.30. The number of anilines is 1. The molecule has 0 radical (unpaired) electrons. The van der Waals surface area contributed by atoms with E-state index in [1.807, 2.05) is 60.7 Å². The summed E-state index contributed by atoms with van der Waals surface area (Å²) < 4.78 is 7.15. The lowest BCUT2D eigenvalue weighted by molar-refractivity contribution is -0.123. The molecule has 4 aromatic rings. The number of pyridine rings is 1. The lowest BCUT2D eigenvalue weighted by Gasteiger charge is -2.24. The third kappa shape index (κ3) is 6.26. The van der Waals surface area contributed by atoms with Gasteiger partial charge in [-0.05, 0) is 53.6 Å². The van der Waals surface area contributed by atoms with Crippen LogP contribution in [0.2, 0.25) is 5.02 Å². The molecule has 41 heavy (non-hydrogen) atoms. The van der Waals surface area contributed by atoms with Crippen LogP contribution in [0.5, 0.6) is 5.75 Å². The normalized spacial score (nSPS) is 15.3. The van der Waals surface area contributed by atoms with Gasteiger partial charge in [-0.2, -0.15) is 5.10 Å². The highest BCUT2D eigenvalue weighted by molar-refractivity contribution is 8.00. The zero-order valence-corrected chi connectivity index (χ0v) is 25.0. The second kappa shape index (κ2) is 12.0. The van der Waals surface area contributed by atoms with E-state index in [-0.39, 0.29) is 34.8 Å². The van der Waals surface area contributed by atoms with Crippen molar-refractivity contribution in [2.75, 3.05) is 24.3 Å². The summed E-state index contributed by atoms with van der Waals surface area (Å²) in [6.45, 7) is 6.47. The van der Waals surface area contributed by atoms with Crippen LogP contribution in [0.15, 0.2) is 73.1 Å². The Morgan fingerprint density at radius 2 is 1.93 bits per heavy atom. The highest BCUT2D eigenvalue weighted by atomic mass is 35.5. The van der Waals surface area contributed by atoms with Gasteiger partial charge in [0, 0.05) is 34.9 Å². The molecule has 1 atom stereocenters. The van der Waals surface area contributed by atoms with Crippen molar-refractivity contribution < 1.29 is 14.3 Å². The van der Waals surface area contributed by atoms with Gasteiger partial charge in [-0.1, -0.05) is 50.6 Å². The molecular formula is C31H32ClN5O3S. The van der Waals surface area contributed by atoms with E-state index in [4.69, 9.17) is 21.4 Å². The van der Waals surface area contributed by atoms with Crippen molar-refractivity contribution in [1.29, 1.82) is 0 Å². The molecule has 0 aliphatic carbocycles. The minimum Gasteiger partial charge on any atom is -0.497 e. The zero-order chi connectivity index (χ0) is 29.1. The molecule has 1 N–H and O–H groups in total. The number of carbonyl (C=O) groups is 2. The maximum atomic E-state index is 13.8. The second-order valence-electron chi connectivity index (χ2n) is 10.8. The number of aromatic nitrogens is 3. The summed E-state index contributed by atoms with van der Waals surface area (Å²) in [5, 5.41) is 8.44. The number of nitrogens with one attached hydrogen (secondary N) is 1. The Balaban J connectivity index is 1.65. The maximum absolute atomic E-state index is 13.8. The van der Waals surface area contributed by atoms with E-state index in [0.717, 1.165) is 28.1 Å². The standard InChI is InChI=1S/C31H32ClN5O3S/c1-31(2,3)29-27-28(21-8-5-9-22(32)15-21)41-19-26(39)36(18-25(38)34-17-20-7-6-14-33-16-20)30(27)37(35-29)23-10-12-24(40-4)13-11-23/h5-16,28H,17-19H2,1-4H3,(H,34,38). The third-order valence-corrected chi connectivity index (χ3v) is 8.27.